The number of likely N-dealkylation sites (tertiary alicyclic amines) is 1. The minimum atomic E-state index is -0.183. The molecule has 2 amide bonds. The van der Waals surface area contributed by atoms with Gasteiger partial charge in [0.1, 0.15) is 0 Å². The Morgan fingerprint density at radius 2 is 2.00 bits per heavy atom. The van der Waals surface area contributed by atoms with Gasteiger partial charge in [-0.1, -0.05) is 19.0 Å². The van der Waals surface area contributed by atoms with Gasteiger partial charge in [-0.15, -0.1) is 0 Å². The van der Waals surface area contributed by atoms with Crippen LogP contribution in [0.15, 0.2) is 29.0 Å². The molecule has 0 unspecified atom stereocenters. The third-order valence-electron chi connectivity index (χ3n) is 4.13. The molecule has 0 spiro atoms. The first-order chi connectivity index (χ1) is 11.1. The van der Waals surface area contributed by atoms with Crippen LogP contribution in [0.5, 0.6) is 0 Å². The first kappa shape index (κ1) is 15.5. The van der Waals surface area contributed by atoms with Crippen LogP contribution in [0.3, 0.4) is 0 Å². The van der Waals surface area contributed by atoms with E-state index >= 15 is 0 Å². The van der Waals surface area contributed by atoms with E-state index in [2.05, 4.69) is 20.4 Å². The molecule has 0 radical (unpaired) electrons. The maximum Gasteiger partial charge on any atom is 0.329 e. The highest BCUT2D eigenvalue weighted by Gasteiger charge is 2.24. The first-order valence-electron chi connectivity index (χ1n) is 7.93. The molecule has 23 heavy (non-hydrogen) atoms. The van der Waals surface area contributed by atoms with Crippen molar-refractivity contribution in [2.75, 3.05) is 18.4 Å². The summed E-state index contributed by atoms with van der Waals surface area (Å²) in [6.07, 6.45) is 5.52. The number of amides is 2. The third-order valence-corrected chi connectivity index (χ3v) is 4.13. The molecule has 2 aromatic rings. The van der Waals surface area contributed by atoms with E-state index in [4.69, 9.17) is 4.52 Å². The van der Waals surface area contributed by atoms with E-state index in [9.17, 15) is 4.79 Å². The summed E-state index contributed by atoms with van der Waals surface area (Å²) in [6, 6.07) is 4.07. The Morgan fingerprint density at radius 3 is 2.61 bits per heavy atom. The number of hydrogen-bond donors (Lipinski definition) is 1. The average Bonchev–Trinajstić information content (AvgIpc) is 3.04. The van der Waals surface area contributed by atoms with Crippen molar-refractivity contribution in [2.45, 2.75) is 38.5 Å². The number of pyridine rings is 1. The second kappa shape index (κ2) is 6.76. The van der Waals surface area contributed by atoms with Gasteiger partial charge in [0.05, 0.1) is 0 Å². The number of piperidine rings is 1. The van der Waals surface area contributed by atoms with Gasteiger partial charge < -0.3 is 9.42 Å². The van der Waals surface area contributed by atoms with Crippen LogP contribution in [0.4, 0.5) is 10.8 Å². The molecule has 122 valence electrons. The quantitative estimate of drug-likeness (QED) is 0.941. The summed E-state index contributed by atoms with van der Waals surface area (Å²) >= 11 is 0. The molecule has 1 saturated heterocycles. The number of urea groups is 1. The lowest BCUT2D eigenvalue weighted by molar-refractivity contribution is 0.193. The number of nitrogens with zero attached hydrogens (tertiary/aromatic N) is 4. The zero-order chi connectivity index (χ0) is 16.2. The maximum atomic E-state index is 12.3. The highest BCUT2D eigenvalue weighted by Crippen LogP contribution is 2.27. The molecule has 3 heterocycles. The smallest absolute Gasteiger partial charge is 0.324 e. The number of hydrogen-bond acceptors (Lipinski definition) is 5. The normalized spacial score (nSPS) is 15.9. The summed E-state index contributed by atoms with van der Waals surface area (Å²) in [7, 11) is 0. The summed E-state index contributed by atoms with van der Waals surface area (Å²) in [6.45, 7) is 5.37. The highest BCUT2D eigenvalue weighted by atomic mass is 16.5. The molecule has 0 aliphatic carbocycles. The number of carbonyl (C=O) groups is 1. The van der Waals surface area contributed by atoms with E-state index in [1.807, 2.05) is 38.4 Å². The van der Waals surface area contributed by atoms with Crippen LogP contribution < -0.4 is 5.32 Å². The van der Waals surface area contributed by atoms with E-state index in [1.165, 1.54) is 5.56 Å². The second-order valence-corrected chi connectivity index (χ2v) is 6.08. The molecule has 0 atom stereocenters. The molecule has 0 aromatic carbocycles. The molecular formula is C16H21N5O2. The van der Waals surface area contributed by atoms with Crippen molar-refractivity contribution in [3.63, 3.8) is 0 Å². The number of rotatable bonds is 3. The van der Waals surface area contributed by atoms with Crippen LogP contribution in [0.25, 0.3) is 0 Å². The minimum Gasteiger partial charge on any atom is -0.324 e. The molecular weight excluding hydrogens is 294 g/mol. The molecule has 3 rings (SSSR count). The largest absolute Gasteiger partial charge is 0.329 e. The Labute approximate surface area is 135 Å². The SMILES string of the molecule is CC(C)c1noc(NC(=O)N2CCC(c3ccncc3)CC2)n1. The van der Waals surface area contributed by atoms with E-state index in [-0.39, 0.29) is 18.0 Å². The fraction of sp³-hybridized carbons (Fsp3) is 0.500. The molecule has 1 aliphatic rings. The summed E-state index contributed by atoms with van der Waals surface area (Å²) in [4.78, 5) is 22.3. The van der Waals surface area contributed by atoms with Crippen molar-refractivity contribution in [3.8, 4) is 0 Å². The fourth-order valence-corrected chi connectivity index (χ4v) is 2.74. The summed E-state index contributed by atoms with van der Waals surface area (Å²) in [5, 5.41) is 6.52. The van der Waals surface area contributed by atoms with Crippen molar-refractivity contribution < 1.29 is 9.32 Å². The van der Waals surface area contributed by atoms with E-state index in [1.54, 1.807) is 4.90 Å². The van der Waals surface area contributed by atoms with Gasteiger partial charge in [-0.3, -0.25) is 10.3 Å². The van der Waals surface area contributed by atoms with Gasteiger partial charge in [0.2, 0.25) is 0 Å². The Hall–Kier alpha value is -2.44. The topological polar surface area (TPSA) is 84.2 Å². The standard InChI is InChI=1S/C16H21N5O2/c1-11(2)14-18-15(23-20-14)19-16(22)21-9-5-13(6-10-21)12-3-7-17-8-4-12/h3-4,7-8,11,13H,5-6,9-10H2,1-2H3,(H,18,19,20,22). The van der Waals surface area contributed by atoms with Crippen LogP contribution in [0.2, 0.25) is 0 Å². The Kier molecular flexibility index (Phi) is 4.55. The number of carbonyl (C=O) groups excluding carboxylic acids is 1. The zero-order valence-electron chi connectivity index (χ0n) is 13.4. The summed E-state index contributed by atoms with van der Waals surface area (Å²) < 4.78 is 5.05. The van der Waals surface area contributed by atoms with Crippen molar-refractivity contribution in [1.29, 1.82) is 0 Å². The summed E-state index contributed by atoms with van der Waals surface area (Å²) in [5.41, 5.74) is 1.29. The van der Waals surface area contributed by atoms with Crippen LogP contribution in [-0.2, 0) is 0 Å². The first-order valence-corrected chi connectivity index (χ1v) is 7.93. The van der Waals surface area contributed by atoms with Gasteiger partial charge >= 0.3 is 12.0 Å². The fourth-order valence-electron chi connectivity index (χ4n) is 2.74. The molecule has 0 saturated carbocycles. The van der Waals surface area contributed by atoms with Gasteiger partial charge in [0.15, 0.2) is 5.82 Å². The highest BCUT2D eigenvalue weighted by molar-refractivity contribution is 5.87. The van der Waals surface area contributed by atoms with Gasteiger partial charge in [-0.2, -0.15) is 4.98 Å². The van der Waals surface area contributed by atoms with Gasteiger partial charge in [-0.25, -0.2) is 4.79 Å². The van der Waals surface area contributed by atoms with Gasteiger partial charge in [0, 0.05) is 31.4 Å². The van der Waals surface area contributed by atoms with Crippen LogP contribution in [-0.4, -0.2) is 39.1 Å². The average molecular weight is 315 g/mol. The molecule has 0 bridgehead atoms. The lowest BCUT2D eigenvalue weighted by Crippen LogP contribution is -2.40. The molecule has 7 heteroatoms. The van der Waals surface area contributed by atoms with E-state index in [0.717, 1.165) is 12.8 Å². The molecule has 1 aliphatic heterocycles. The molecule has 2 aromatic heterocycles. The lowest BCUT2D eigenvalue weighted by Gasteiger charge is -2.31. The van der Waals surface area contributed by atoms with Crippen molar-refractivity contribution in [1.82, 2.24) is 20.0 Å². The lowest BCUT2D eigenvalue weighted by atomic mass is 9.90. The Balaban J connectivity index is 1.53. The second-order valence-electron chi connectivity index (χ2n) is 6.08. The van der Waals surface area contributed by atoms with Crippen LogP contribution in [0, 0.1) is 0 Å². The molecule has 1 N–H and O–H groups in total. The van der Waals surface area contributed by atoms with Gasteiger partial charge in [0.25, 0.3) is 0 Å². The predicted molar refractivity (Wildman–Crippen MR) is 85.2 cm³/mol. The number of anilines is 1. The van der Waals surface area contributed by atoms with Crippen molar-refractivity contribution in [3.05, 3.63) is 35.9 Å². The molecule has 7 nitrogen and oxygen atoms in total. The monoisotopic (exact) mass is 315 g/mol. The maximum absolute atomic E-state index is 12.3. The van der Waals surface area contributed by atoms with Crippen molar-refractivity contribution >= 4 is 12.0 Å². The van der Waals surface area contributed by atoms with Crippen LogP contribution in [0.1, 0.15) is 49.9 Å². The van der Waals surface area contributed by atoms with E-state index < -0.39 is 0 Å². The predicted octanol–water partition coefficient (Wildman–Crippen LogP) is 3.00. The number of aromatic nitrogens is 3. The number of nitrogens with one attached hydrogen (secondary N) is 1. The zero-order valence-corrected chi connectivity index (χ0v) is 13.4. The third kappa shape index (κ3) is 3.67. The summed E-state index contributed by atoms with van der Waals surface area (Å²) in [5.74, 6) is 1.25. The van der Waals surface area contributed by atoms with Crippen molar-refractivity contribution in [2.24, 2.45) is 0 Å². The van der Waals surface area contributed by atoms with Crippen LogP contribution >= 0.6 is 0 Å². The van der Waals surface area contributed by atoms with Gasteiger partial charge in [-0.05, 0) is 36.5 Å². The minimum absolute atomic E-state index is 0.162. The Morgan fingerprint density at radius 1 is 1.30 bits per heavy atom. The molecule has 1 fully saturated rings. The van der Waals surface area contributed by atoms with E-state index in [0.29, 0.717) is 24.8 Å². The Bertz CT molecular complexity index is 648.